The summed E-state index contributed by atoms with van der Waals surface area (Å²) in [7, 11) is 0. The van der Waals surface area contributed by atoms with Crippen molar-refractivity contribution in [3.8, 4) is 0 Å². The first-order chi connectivity index (χ1) is 8.46. The number of piperidine rings is 1. The summed E-state index contributed by atoms with van der Waals surface area (Å²) in [6.45, 7) is 12.4. The number of morpholine rings is 1. The second-order valence-corrected chi connectivity index (χ2v) is 6.38. The van der Waals surface area contributed by atoms with Gasteiger partial charge < -0.3 is 14.7 Å². The molecule has 2 aliphatic heterocycles. The molecule has 2 rings (SSSR count). The first-order valence-corrected chi connectivity index (χ1v) is 7.27. The van der Waals surface area contributed by atoms with Crippen LogP contribution >= 0.6 is 0 Å². The van der Waals surface area contributed by atoms with Crippen LogP contribution in [-0.2, 0) is 4.74 Å². The number of aliphatic hydroxyl groups is 1. The van der Waals surface area contributed by atoms with E-state index in [2.05, 4.69) is 23.6 Å². The van der Waals surface area contributed by atoms with E-state index in [1.54, 1.807) is 0 Å². The molecule has 2 heterocycles. The van der Waals surface area contributed by atoms with E-state index in [1.807, 2.05) is 6.92 Å². The molecule has 106 valence electrons. The van der Waals surface area contributed by atoms with Crippen LogP contribution in [0.1, 0.15) is 33.6 Å². The molecule has 0 amide bonds. The SMILES string of the molecule is CC(C)N1CCOC(CN2CCC(C)(O)CC2)C1. The van der Waals surface area contributed by atoms with Crippen molar-refractivity contribution in [2.75, 3.05) is 39.3 Å². The Labute approximate surface area is 111 Å². The van der Waals surface area contributed by atoms with Gasteiger partial charge in [0.1, 0.15) is 0 Å². The molecule has 0 aromatic heterocycles. The molecule has 2 saturated heterocycles. The van der Waals surface area contributed by atoms with Crippen LogP contribution in [0.25, 0.3) is 0 Å². The van der Waals surface area contributed by atoms with E-state index in [0.717, 1.165) is 52.2 Å². The van der Waals surface area contributed by atoms with Crippen molar-refractivity contribution in [2.24, 2.45) is 0 Å². The molecule has 2 fully saturated rings. The first-order valence-electron chi connectivity index (χ1n) is 7.27. The average molecular weight is 256 g/mol. The van der Waals surface area contributed by atoms with Gasteiger partial charge in [-0.05, 0) is 33.6 Å². The zero-order valence-corrected chi connectivity index (χ0v) is 12.1. The Morgan fingerprint density at radius 1 is 1.28 bits per heavy atom. The van der Waals surface area contributed by atoms with Crippen LogP contribution in [0.4, 0.5) is 0 Å². The Morgan fingerprint density at radius 2 is 1.94 bits per heavy atom. The number of rotatable bonds is 3. The van der Waals surface area contributed by atoms with Gasteiger partial charge >= 0.3 is 0 Å². The van der Waals surface area contributed by atoms with Gasteiger partial charge in [-0.3, -0.25) is 4.90 Å². The van der Waals surface area contributed by atoms with Gasteiger partial charge in [-0.1, -0.05) is 0 Å². The number of likely N-dealkylation sites (tertiary alicyclic amines) is 1. The molecule has 1 N–H and O–H groups in total. The lowest BCUT2D eigenvalue weighted by Gasteiger charge is -2.40. The van der Waals surface area contributed by atoms with Crippen LogP contribution in [0.3, 0.4) is 0 Å². The van der Waals surface area contributed by atoms with Gasteiger partial charge in [0.05, 0.1) is 18.3 Å². The Hall–Kier alpha value is -0.160. The van der Waals surface area contributed by atoms with E-state index >= 15 is 0 Å². The summed E-state index contributed by atoms with van der Waals surface area (Å²) in [6, 6.07) is 0.610. The zero-order valence-electron chi connectivity index (χ0n) is 12.1. The Balaban J connectivity index is 1.76. The fourth-order valence-electron chi connectivity index (χ4n) is 2.83. The van der Waals surface area contributed by atoms with Crippen LogP contribution in [-0.4, -0.2) is 72.0 Å². The largest absolute Gasteiger partial charge is 0.390 e. The third-order valence-electron chi connectivity index (χ3n) is 4.30. The monoisotopic (exact) mass is 256 g/mol. The lowest BCUT2D eigenvalue weighted by Crippen LogP contribution is -2.52. The highest BCUT2D eigenvalue weighted by molar-refractivity contribution is 4.84. The fourth-order valence-corrected chi connectivity index (χ4v) is 2.83. The van der Waals surface area contributed by atoms with Gasteiger partial charge in [0.25, 0.3) is 0 Å². The third kappa shape index (κ3) is 3.92. The van der Waals surface area contributed by atoms with Crippen molar-refractivity contribution in [3.05, 3.63) is 0 Å². The molecule has 0 aromatic carbocycles. The smallest absolute Gasteiger partial charge is 0.0829 e. The molecule has 18 heavy (non-hydrogen) atoms. The van der Waals surface area contributed by atoms with E-state index in [1.165, 1.54) is 0 Å². The maximum absolute atomic E-state index is 9.95. The molecule has 1 unspecified atom stereocenters. The zero-order chi connectivity index (χ0) is 13.2. The number of hydrogen-bond acceptors (Lipinski definition) is 4. The van der Waals surface area contributed by atoms with E-state index in [4.69, 9.17) is 4.74 Å². The normalized spacial score (nSPS) is 30.8. The van der Waals surface area contributed by atoms with Crippen molar-refractivity contribution >= 4 is 0 Å². The van der Waals surface area contributed by atoms with Gasteiger partial charge in [-0.25, -0.2) is 0 Å². The van der Waals surface area contributed by atoms with Crippen molar-refractivity contribution in [3.63, 3.8) is 0 Å². The van der Waals surface area contributed by atoms with Crippen molar-refractivity contribution < 1.29 is 9.84 Å². The molecule has 2 aliphatic rings. The van der Waals surface area contributed by atoms with Gasteiger partial charge in [0.2, 0.25) is 0 Å². The number of hydrogen-bond donors (Lipinski definition) is 1. The number of ether oxygens (including phenoxy) is 1. The van der Waals surface area contributed by atoms with E-state index in [0.29, 0.717) is 12.1 Å². The maximum Gasteiger partial charge on any atom is 0.0829 e. The molecule has 0 aromatic rings. The maximum atomic E-state index is 9.95. The summed E-state index contributed by atoms with van der Waals surface area (Å²) in [6.07, 6.45) is 2.10. The minimum atomic E-state index is -0.451. The quantitative estimate of drug-likeness (QED) is 0.815. The molecule has 0 radical (unpaired) electrons. The summed E-state index contributed by atoms with van der Waals surface area (Å²) in [5, 5.41) is 9.95. The molecule has 0 aliphatic carbocycles. The van der Waals surface area contributed by atoms with Crippen LogP contribution in [0.15, 0.2) is 0 Å². The first kappa shape index (κ1) is 14.3. The van der Waals surface area contributed by atoms with Crippen LogP contribution in [0.2, 0.25) is 0 Å². The highest BCUT2D eigenvalue weighted by Gasteiger charge is 2.30. The van der Waals surface area contributed by atoms with Gasteiger partial charge in [0.15, 0.2) is 0 Å². The average Bonchev–Trinajstić information content (AvgIpc) is 2.32. The molecule has 0 spiro atoms. The molecule has 4 nitrogen and oxygen atoms in total. The number of nitrogens with zero attached hydrogens (tertiary/aromatic N) is 2. The summed E-state index contributed by atoms with van der Waals surface area (Å²) in [5.74, 6) is 0. The minimum Gasteiger partial charge on any atom is -0.390 e. The Kier molecular flexibility index (Phi) is 4.64. The summed E-state index contributed by atoms with van der Waals surface area (Å²) in [4.78, 5) is 4.93. The van der Waals surface area contributed by atoms with Crippen LogP contribution in [0, 0.1) is 0 Å². The lowest BCUT2D eigenvalue weighted by atomic mass is 9.93. The van der Waals surface area contributed by atoms with E-state index < -0.39 is 5.60 Å². The van der Waals surface area contributed by atoms with Crippen molar-refractivity contribution in [1.29, 1.82) is 0 Å². The molecule has 4 heteroatoms. The molecule has 0 saturated carbocycles. The predicted octanol–water partition coefficient (Wildman–Crippen LogP) is 0.942. The van der Waals surface area contributed by atoms with Gasteiger partial charge in [-0.2, -0.15) is 0 Å². The van der Waals surface area contributed by atoms with E-state index in [9.17, 15) is 5.11 Å². The molecule has 0 bridgehead atoms. The minimum absolute atomic E-state index is 0.337. The predicted molar refractivity (Wildman–Crippen MR) is 72.7 cm³/mol. The topological polar surface area (TPSA) is 35.9 Å². The van der Waals surface area contributed by atoms with Crippen molar-refractivity contribution in [1.82, 2.24) is 9.80 Å². The Bertz CT molecular complexity index is 259. The molecule has 1 atom stereocenters. The van der Waals surface area contributed by atoms with Gasteiger partial charge in [0, 0.05) is 38.8 Å². The highest BCUT2D eigenvalue weighted by Crippen LogP contribution is 2.22. The second kappa shape index (κ2) is 5.87. The van der Waals surface area contributed by atoms with Crippen LogP contribution in [0.5, 0.6) is 0 Å². The highest BCUT2D eigenvalue weighted by atomic mass is 16.5. The summed E-state index contributed by atoms with van der Waals surface area (Å²) in [5.41, 5.74) is -0.451. The summed E-state index contributed by atoms with van der Waals surface area (Å²) >= 11 is 0. The van der Waals surface area contributed by atoms with Crippen molar-refractivity contribution in [2.45, 2.75) is 51.4 Å². The Morgan fingerprint density at radius 3 is 2.56 bits per heavy atom. The van der Waals surface area contributed by atoms with Gasteiger partial charge in [-0.15, -0.1) is 0 Å². The molecular weight excluding hydrogens is 228 g/mol. The third-order valence-corrected chi connectivity index (χ3v) is 4.30. The van der Waals surface area contributed by atoms with E-state index in [-0.39, 0.29) is 0 Å². The lowest BCUT2D eigenvalue weighted by molar-refractivity contribution is -0.0665. The molecular formula is C14H28N2O2. The fraction of sp³-hybridized carbons (Fsp3) is 1.00. The standard InChI is InChI=1S/C14H28N2O2/c1-12(2)16-8-9-18-13(11-16)10-15-6-4-14(3,17)5-7-15/h12-13,17H,4-11H2,1-3H3. The van der Waals surface area contributed by atoms with Crippen LogP contribution < -0.4 is 0 Å². The second-order valence-electron chi connectivity index (χ2n) is 6.38. The summed E-state index contributed by atoms with van der Waals surface area (Å²) < 4.78 is 5.87.